The molecule has 150 valence electrons. The van der Waals surface area contributed by atoms with E-state index in [1.807, 2.05) is 41.0 Å². The van der Waals surface area contributed by atoms with Crippen molar-refractivity contribution in [2.45, 2.75) is 43.6 Å². The second-order valence-electron chi connectivity index (χ2n) is 7.64. The summed E-state index contributed by atoms with van der Waals surface area (Å²) in [6.45, 7) is 6.83. The Morgan fingerprint density at radius 2 is 1.90 bits per heavy atom. The fourth-order valence-electron chi connectivity index (χ4n) is 2.76. The van der Waals surface area contributed by atoms with Gasteiger partial charge in [-0.1, -0.05) is 44.1 Å². The average Bonchev–Trinajstić information content (AvgIpc) is 3.42. The van der Waals surface area contributed by atoms with Crippen molar-refractivity contribution in [1.29, 1.82) is 0 Å². The van der Waals surface area contributed by atoms with Gasteiger partial charge in [-0.05, 0) is 36.4 Å². The van der Waals surface area contributed by atoms with E-state index in [9.17, 15) is 0 Å². The Balaban J connectivity index is 1.60. The zero-order valence-corrected chi connectivity index (χ0v) is 18.0. The van der Waals surface area contributed by atoms with Gasteiger partial charge >= 0.3 is 0 Å². The number of nitrogens with zero attached hydrogens (tertiary/aromatic N) is 4. The maximum atomic E-state index is 6.03. The summed E-state index contributed by atoms with van der Waals surface area (Å²) in [5.41, 5.74) is 0.864. The highest BCUT2D eigenvalue weighted by Gasteiger charge is 2.20. The highest BCUT2D eigenvalue weighted by atomic mass is 35.5. The first-order valence-electron chi connectivity index (χ1n) is 9.19. The maximum Gasteiger partial charge on any atom is 0.204 e. The van der Waals surface area contributed by atoms with Crippen LogP contribution in [0, 0.1) is 0 Å². The minimum atomic E-state index is -0.0724. The highest BCUT2D eigenvalue weighted by molar-refractivity contribution is 7.98. The first-order chi connectivity index (χ1) is 13.9. The van der Waals surface area contributed by atoms with Gasteiger partial charge in [0.15, 0.2) is 11.0 Å². The first-order valence-corrected chi connectivity index (χ1v) is 10.6. The Kier molecular flexibility index (Phi) is 5.52. The van der Waals surface area contributed by atoms with E-state index in [1.165, 1.54) is 11.8 Å². The zero-order valence-electron chi connectivity index (χ0n) is 16.4. The van der Waals surface area contributed by atoms with Gasteiger partial charge in [0, 0.05) is 16.0 Å². The van der Waals surface area contributed by atoms with Gasteiger partial charge in [0.2, 0.25) is 5.89 Å². The van der Waals surface area contributed by atoms with Crippen LogP contribution in [-0.4, -0.2) is 19.7 Å². The van der Waals surface area contributed by atoms with Crippen LogP contribution in [0.4, 0.5) is 0 Å². The van der Waals surface area contributed by atoms with Crippen LogP contribution in [0.5, 0.6) is 0 Å². The summed E-state index contributed by atoms with van der Waals surface area (Å²) in [7, 11) is 0. The van der Waals surface area contributed by atoms with E-state index >= 15 is 0 Å². The summed E-state index contributed by atoms with van der Waals surface area (Å²) in [5.74, 6) is 3.68. The molecule has 4 rings (SSSR count). The molecule has 0 unspecified atom stereocenters. The molecule has 0 amide bonds. The van der Waals surface area contributed by atoms with Crippen molar-refractivity contribution in [3.63, 3.8) is 0 Å². The van der Waals surface area contributed by atoms with Gasteiger partial charge in [0.1, 0.15) is 11.5 Å². The SMILES string of the molecule is CC(C)(C)c1cnc(CSc2nnc(-c3ccc(Cl)cc3)n2Cc2ccco2)o1. The molecule has 0 saturated heterocycles. The van der Waals surface area contributed by atoms with Crippen molar-refractivity contribution in [3.05, 3.63) is 71.3 Å². The summed E-state index contributed by atoms with van der Waals surface area (Å²) in [6, 6.07) is 11.4. The Morgan fingerprint density at radius 3 is 2.55 bits per heavy atom. The van der Waals surface area contributed by atoms with Crippen molar-refractivity contribution >= 4 is 23.4 Å². The molecule has 0 bridgehead atoms. The van der Waals surface area contributed by atoms with E-state index in [-0.39, 0.29) is 5.41 Å². The summed E-state index contributed by atoms with van der Waals surface area (Å²) in [6.07, 6.45) is 3.46. The average molecular weight is 429 g/mol. The molecule has 0 N–H and O–H groups in total. The van der Waals surface area contributed by atoms with Gasteiger partial charge in [0.05, 0.1) is 24.8 Å². The quantitative estimate of drug-likeness (QED) is 0.360. The van der Waals surface area contributed by atoms with Crippen molar-refractivity contribution < 1.29 is 8.83 Å². The number of halogens is 1. The third-order valence-corrected chi connectivity index (χ3v) is 5.53. The van der Waals surface area contributed by atoms with Gasteiger partial charge < -0.3 is 8.83 Å². The summed E-state index contributed by atoms with van der Waals surface area (Å²) < 4.78 is 13.5. The van der Waals surface area contributed by atoms with E-state index < -0.39 is 0 Å². The van der Waals surface area contributed by atoms with E-state index in [0.29, 0.717) is 23.2 Å². The van der Waals surface area contributed by atoms with Crippen LogP contribution in [0.25, 0.3) is 11.4 Å². The van der Waals surface area contributed by atoms with Gasteiger partial charge in [-0.25, -0.2) is 4.98 Å². The number of aromatic nitrogens is 4. The molecule has 0 aliphatic carbocycles. The van der Waals surface area contributed by atoms with Crippen molar-refractivity contribution in [2.24, 2.45) is 0 Å². The van der Waals surface area contributed by atoms with Gasteiger partial charge in [-0.3, -0.25) is 4.57 Å². The highest BCUT2D eigenvalue weighted by Crippen LogP contribution is 2.29. The van der Waals surface area contributed by atoms with Crippen LogP contribution >= 0.6 is 23.4 Å². The first kappa shape index (κ1) is 19.8. The molecule has 0 spiro atoms. The predicted octanol–water partition coefficient (Wildman–Crippen LogP) is 5.82. The maximum absolute atomic E-state index is 6.03. The van der Waals surface area contributed by atoms with E-state index in [2.05, 4.69) is 36.0 Å². The molecule has 8 heteroatoms. The fourth-order valence-corrected chi connectivity index (χ4v) is 3.68. The molecule has 3 aromatic heterocycles. The molecule has 3 heterocycles. The van der Waals surface area contributed by atoms with Crippen molar-refractivity contribution in [2.75, 3.05) is 0 Å². The lowest BCUT2D eigenvalue weighted by Gasteiger charge is -2.13. The largest absolute Gasteiger partial charge is 0.467 e. The fraction of sp³-hybridized carbons (Fsp3) is 0.286. The molecule has 0 radical (unpaired) electrons. The standard InChI is InChI=1S/C21H21ClN4O2S/c1-21(2,3)17-11-23-18(28-17)13-29-20-25-24-19(14-6-8-15(22)9-7-14)26(20)12-16-5-4-10-27-16/h4-11H,12-13H2,1-3H3. The number of benzene rings is 1. The lowest BCUT2D eigenvalue weighted by Crippen LogP contribution is -2.09. The Bertz CT molecular complexity index is 1080. The van der Waals surface area contributed by atoms with Crippen LogP contribution < -0.4 is 0 Å². The Morgan fingerprint density at radius 1 is 1.10 bits per heavy atom. The molecule has 29 heavy (non-hydrogen) atoms. The Hall–Kier alpha value is -2.51. The van der Waals surface area contributed by atoms with Crippen LogP contribution in [0.1, 0.15) is 38.2 Å². The molecular weight excluding hydrogens is 408 g/mol. The molecule has 0 aliphatic heterocycles. The lowest BCUT2D eigenvalue weighted by atomic mass is 9.94. The Labute approximate surface area is 178 Å². The normalized spacial score (nSPS) is 11.9. The molecule has 4 aromatic rings. The number of rotatable bonds is 6. The number of furan rings is 1. The topological polar surface area (TPSA) is 69.9 Å². The smallest absolute Gasteiger partial charge is 0.204 e. The van der Waals surface area contributed by atoms with Crippen LogP contribution in [-0.2, 0) is 17.7 Å². The van der Waals surface area contributed by atoms with Gasteiger partial charge in [0.25, 0.3) is 0 Å². The lowest BCUT2D eigenvalue weighted by molar-refractivity contribution is 0.390. The van der Waals surface area contributed by atoms with Crippen LogP contribution in [0.2, 0.25) is 5.02 Å². The molecule has 1 aromatic carbocycles. The number of hydrogen-bond acceptors (Lipinski definition) is 6. The van der Waals surface area contributed by atoms with Gasteiger partial charge in [-0.2, -0.15) is 0 Å². The van der Waals surface area contributed by atoms with Crippen LogP contribution in [0.3, 0.4) is 0 Å². The molecule has 0 aliphatic rings. The minimum Gasteiger partial charge on any atom is -0.467 e. The number of thioether (sulfide) groups is 1. The predicted molar refractivity (Wildman–Crippen MR) is 113 cm³/mol. The number of oxazole rings is 1. The molecular formula is C21H21ClN4O2S. The number of hydrogen-bond donors (Lipinski definition) is 0. The monoisotopic (exact) mass is 428 g/mol. The summed E-state index contributed by atoms with van der Waals surface area (Å²) in [5, 5.41) is 10.3. The second kappa shape index (κ2) is 8.08. The molecule has 0 saturated carbocycles. The summed E-state index contributed by atoms with van der Waals surface area (Å²) in [4.78, 5) is 4.40. The van der Waals surface area contributed by atoms with E-state index in [1.54, 1.807) is 12.5 Å². The van der Waals surface area contributed by atoms with Crippen molar-refractivity contribution in [3.8, 4) is 11.4 Å². The third-order valence-electron chi connectivity index (χ3n) is 4.33. The molecule has 0 fully saturated rings. The van der Waals surface area contributed by atoms with E-state index in [0.717, 1.165) is 28.1 Å². The van der Waals surface area contributed by atoms with Crippen LogP contribution in [0.15, 0.2) is 62.8 Å². The zero-order chi connectivity index (χ0) is 20.4. The van der Waals surface area contributed by atoms with E-state index in [4.69, 9.17) is 20.4 Å². The summed E-state index contributed by atoms with van der Waals surface area (Å²) >= 11 is 7.56. The van der Waals surface area contributed by atoms with Gasteiger partial charge in [-0.15, -0.1) is 10.2 Å². The second-order valence-corrected chi connectivity index (χ2v) is 9.01. The molecule has 6 nitrogen and oxygen atoms in total. The third kappa shape index (κ3) is 4.57. The molecule has 0 atom stereocenters. The van der Waals surface area contributed by atoms with Crippen molar-refractivity contribution in [1.82, 2.24) is 19.7 Å². The minimum absolute atomic E-state index is 0.0724.